The molecule has 160 valence electrons. The number of benzene rings is 1. The number of carbonyl (C=O) groups excluding carboxylic acids is 1. The third-order valence-electron chi connectivity index (χ3n) is 5.01. The Bertz CT molecular complexity index is 962. The van der Waals surface area contributed by atoms with Crippen LogP contribution in [0.25, 0.3) is 11.0 Å². The van der Waals surface area contributed by atoms with E-state index in [9.17, 15) is 13.2 Å². The third kappa shape index (κ3) is 4.96. The summed E-state index contributed by atoms with van der Waals surface area (Å²) < 4.78 is 39.8. The van der Waals surface area contributed by atoms with E-state index in [0.29, 0.717) is 56.5 Å². The van der Waals surface area contributed by atoms with Crippen LogP contribution in [-0.2, 0) is 37.4 Å². The van der Waals surface area contributed by atoms with E-state index in [1.54, 1.807) is 18.2 Å². The number of aromatic nitrogens is 2. The first-order valence-corrected chi connectivity index (χ1v) is 11.5. The Labute approximate surface area is 171 Å². The molecule has 0 saturated carbocycles. The zero-order valence-corrected chi connectivity index (χ0v) is 18.1. The summed E-state index contributed by atoms with van der Waals surface area (Å²) in [5.74, 6) is 0.805. The number of ether oxygens (including phenoxy) is 2. The molecule has 0 radical (unpaired) electrons. The first kappa shape index (κ1) is 21.7. The van der Waals surface area contributed by atoms with Crippen LogP contribution < -0.4 is 0 Å². The molecule has 8 nitrogen and oxygen atoms in total. The Kier molecular flexibility index (Phi) is 6.92. The van der Waals surface area contributed by atoms with Gasteiger partial charge in [0.15, 0.2) is 0 Å². The summed E-state index contributed by atoms with van der Waals surface area (Å²) in [4.78, 5) is 16.7. The van der Waals surface area contributed by atoms with Gasteiger partial charge in [-0.2, -0.15) is 4.31 Å². The van der Waals surface area contributed by atoms with Gasteiger partial charge in [-0.05, 0) is 37.5 Å². The predicted octanol–water partition coefficient (Wildman–Crippen LogP) is 2.56. The van der Waals surface area contributed by atoms with Gasteiger partial charge in [-0.3, -0.25) is 4.79 Å². The molecular weight excluding hydrogens is 394 g/mol. The highest BCUT2D eigenvalue weighted by atomic mass is 32.2. The minimum Gasteiger partial charge on any atom is -0.458 e. The number of fused-ring (bicyclic) bond motifs is 1. The lowest BCUT2D eigenvalue weighted by Crippen LogP contribution is -2.40. The van der Waals surface area contributed by atoms with Crippen LogP contribution in [0.5, 0.6) is 0 Å². The summed E-state index contributed by atoms with van der Waals surface area (Å²) in [6, 6.07) is 4.97. The Morgan fingerprint density at radius 3 is 2.66 bits per heavy atom. The summed E-state index contributed by atoms with van der Waals surface area (Å²) in [7, 11) is -3.59. The predicted molar refractivity (Wildman–Crippen MR) is 109 cm³/mol. The van der Waals surface area contributed by atoms with Crippen LogP contribution >= 0.6 is 0 Å². The fraction of sp³-hybridized carbons (Fsp3) is 0.600. The number of hydrogen-bond donors (Lipinski definition) is 0. The van der Waals surface area contributed by atoms with E-state index in [-0.39, 0.29) is 17.5 Å². The van der Waals surface area contributed by atoms with Gasteiger partial charge < -0.3 is 14.0 Å². The highest BCUT2D eigenvalue weighted by Crippen LogP contribution is 2.24. The topological polar surface area (TPSA) is 90.7 Å². The van der Waals surface area contributed by atoms with Crippen LogP contribution in [-0.4, -0.2) is 54.5 Å². The number of morpholine rings is 1. The van der Waals surface area contributed by atoms with Gasteiger partial charge in [0.25, 0.3) is 0 Å². The molecule has 1 aromatic heterocycles. The number of carbonyl (C=O) groups is 1. The van der Waals surface area contributed by atoms with Crippen molar-refractivity contribution in [1.82, 2.24) is 13.9 Å². The Morgan fingerprint density at radius 1 is 1.28 bits per heavy atom. The second-order valence-electron chi connectivity index (χ2n) is 7.53. The van der Waals surface area contributed by atoms with Crippen LogP contribution in [0.3, 0.4) is 0 Å². The van der Waals surface area contributed by atoms with Crippen molar-refractivity contribution < 1.29 is 22.7 Å². The first-order valence-electron chi connectivity index (χ1n) is 10.1. The summed E-state index contributed by atoms with van der Waals surface area (Å²) in [6.45, 7) is 8.32. The van der Waals surface area contributed by atoms with Crippen molar-refractivity contribution in [3.63, 3.8) is 0 Å². The SMILES string of the molecule is CCn1c(COC(=O)CCC(C)C)nc2cc(S(=O)(=O)N3CCOCC3)ccc21. The average Bonchev–Trinajstić information content (AvgIpc) is 3.08. The van der Waals surface area contributed by atoms with Crippen LogP contribution in [0, 0.1) is 5.92 Å². The number of hydrogen-bond acceptors (Lipinski definition) is 6. The fourth-order valence-corrected chi connectivity index (χ4v) is 4.77. The molecule has 0 aliphatic carbocycles. The average molecular weight is 424 g/mol. The van der Waals surface area contributed by atoms with Gasteiger partial charge in [0.1, 0.15) is 12.4 Å². The monoisotopic (exact) mass is 423 g/mol. The minimum absolute atomic E-state index is 0.0744. The zero-order valence-electron chi connectivity index (χ0n) is 17.3. The van der Waals surface area contributed by atoms with E-state index in [1.165, 1.54) is 4.31 Å². The summed E-state index contributed by atoms with van der Waals surface area (Å²) in [5.41, 5.74) is 1.40. The van der Waals surface area contributed by atoms with Gasteiger partial charge in [-0.25, -0.2) is 13.4 Å². The molecule has 0 amide bonds. The van der Waals surface area contributed by atoms with E-state index in [0.717, 1.165) is 11.9 Å². The van der Waals surface area contributed by atoms with Crippen LogP contribution in [0.2, 0.25) is 0 Å². The van der Waals surface area contributed by atoms with Crippen molar-refractivity contribution in [1.29, 1.82) is 0 Å². The molecule has 1 saturated heterocycles. The van der Waals surface area contributed by atoms with E-state index >= 15 is 0 Å². The van der Waals surface area contributed by atoms with Crippen LogP contribution in [0.4, 0.5) is 0 Å². The van der Waals surface area contributed by atoms with Crippen molar-refractivity contribution in [3.05, 3.63) is 24.0 Å². The summed E-state index contributed by atoms with van der Waals surface area (Å²) >= 11 is 0. The number of esters is 1. The molecular formula is C20H29N3O5S. The van der Waals surface area contributed by atoms with Crippen molar-refractivity contribution >= 4 is 27.0 Å². The summed E-state index contributed by atoms with van der Waals surface area (Å²) in [6.07, 6.45) is 1.16. The number of imidazole rings is 1. The number of sulfonamides is 1. The molecule has 1 aromatic carbocycles. The van der Waals surface area contributed by atoms with E-state index in [2.05, 4.69) is 18.8 Å². The smallest absolute Gasteiger partial charge is 0.306 e. The van der Waals surface area contributed by atoms with Crippen LogP contribution in [0.15, 0.2) is 23.1 Å². The molecule has 0 unspecified atom stereocenters. The lowest BCUT2D eigenvalue weighted by Gasteiger charge is -2.26. The molecule has 0 atom stereocenters. The molecule has 3 rings (SSSR count). The number of aryl methyl sites for hydroxylation is 1. The third-order valence-corrected chi connectivity index (χ3v) is 6.91. The lowest BCUT2D eigenvalue weighted by molar-refractivity contribution is -0.145. The largest absolute Gasteiger partial charge is 0.458 e. The zero-order chi connectivity index (χ0) is 21.0. The van der Waals surface area contributed by atoms with Crippen LogP contribution in [0.1, 0.15) is 39.4 Å². The summed E-state index contributed by atoms with van der Waals surface area (Å²) in [5, 5.41) is 0. The lowest BCUT2D eigenvalue weighted by atomic mass is 10.1. The maximum absolute atomic E-state index is 12.9. The molecule has 9 heteroatoms. The molecule has 29 heavy (non-hydrogen) atoms. The van der Waals surface area contributed by atoms with E-state index in [4.69, 9.17) is 9.47 Å². The quantitative estimate of drug-likeness (QED) is 0.606. The first-order chi connectivity index (χ1) is 13.8. The van der Waals surface area contributed by atoms with Gasteiger partial charge >= 0.3 is 5.97 Å². The van der Waals surface area contributed by atoms with Crippen molar-refractivity contribution in [3.8, 4) is 0 Å². The van der Waals surface area contributed by atoms with Crippen molar-refractivity contribution in [2.24, 2.45) is 5.92 Å². The van der Waals surface area contributed by atoms with Gasteiger partial charge in [0.05, 0.1) is 29.1 Å². The van der Waals surface area contributed by atoms with Gasteiger partial charge in [0.2, 0.25) is 10.0 Å². The Morgan fingerprint density at radius 2 is 2.00 bits per heavy atom. The number of nitrogens with zero attached hydrogens (tertiary/aromatic N) is 3. The molecule has 2 heterocycles. The molecule has 1 fully saturated rings. The standard InChI is InChI=1S/C20H29N3O5S/c1-4-23-18-7-6-16(29(25,26)22-9-11-27-12-10-22)13-17(18)21-19(23)14-28-20(24)8-5-15(2)3/h6-7,13,15H,4-5,8-12,14H2,1-3H3. The Balaban J connectivity index is 1.81. The Hall–Kier alpha value is -1.97. The van der Waals surface area contributed by atoms with Gasteiger partial charge in [-0.1, -0.05) is 13.8 Å². The highest BCUT2D eigenvalue weighted by Gasteiger charge is 2.27. The normalized spacial score (nSPS) is 15.9. The molecule has 0 spiro atoms. The van der Waals surface area contributed by atoms with E-state index < -0.39 is 10.0 Å². The van der Waals surface area contributed by atoms with Crippen molar-refractivity contribution in [2.75, 3.05) is 26.3 Å². The molecule has 0 bridgehead atoms. The van der Waals surface area contributed by atoms with Gasteiger partial charge in [-0.15, -0.1) is 0 Å². The maximum atomic E-state index is 12.9. The molecule has 2 aromatic rings. The second kappa shape index (κ2) is 9.23. The van der Waals surface area contributed by atoms with Gasteiger partial charge in [0, 0.05) is 26.1 Å². The molecule has 0 N–H and O–H groups in total. The second-order valence-corrected chi connectivity index (χ2v) is 9.47. The highest BCUT2D eigenvalue weighted by molar-refractivity contribution is 7.89. The number of rotatable bonds is 8. The fourth-order valence-electron chi connectivity index (χ4n) is 3.34. The molecule has 1 aliphatic heterocycles. The van der Waals surface area contributed by atoms with E-state index in [1.807, 2.05) is 11.5 Å². The maximum Gasteiger partial charge on any atom is 0.306 e. The van der Waals surface area contributed by atoms with Crippen molar-refractivity contribution in [2.45, 2.75) is 51.7 Å². The molecule has 1 aliphatic rings. The minimum atomic E-state index is -3.59.